The Balaban J connectivity index is 2.10. The highest BCUT2D eigenvalue weighted by atomic mass is 16.5. The number of hydrogen-bond acceptors (Lipinski definition) is 3. The van der Waals surface area contributed by atoms with E-state index in [1.807, 2.05) is 31.2 Å². The molecule has 1 fully saturated rings. The summed E-state index contributed by atoms with van der Waals surface area (Å²) in [5, 5.41) is 5.97. The minimum absolute atomic E-state index is 0.130. The molecule has 3 atom stereocenters. The lowest BCUT2D eigenvalue weighted by atomic mass is 10.1. The number of ether oxygens (including phenoxy) is 1. The smallest absolute Gasteiger partial charge is 0.319 e. The van der Waals surface area contributed by atoms with Crippen molar-refractivity contribution < 1.29 is 9.53 Å². The Kier molecular flexibility index (Phi) is 5.88. The van der Waals surface area contributed by atoms with E-state index in [1.54, 1.807) is 0 Å². The Hall–Kier alpha value is -1.75. The van der Waals surface area contributed by atoms with Gasteiger partial charge in [0.25, 0.3) is 0 Å². The van der Waals surface area contributed by atoms with Gasteiger partial charge in [-0.25, -0.2) is 4.79 Å². The van der Waals surface area contributed by atoms with Crippen molar-refractivity contribution in [2.24, 2.45) is 5.92 Å². The topological polar surface area (TPSA) is 53.6 Å². The molecule has 128 valence electrons. The van der Waals surface area contributed by atoms with Crippen molar-refractivity contribution in [1.82, 2.24) is 5.32 Å². The number of anilines is 2. The Morgan fingerprint density at radius 2 is 1.78 bits per heavy atom. The summed E-state index contributed by atoms with van der Waals surface area (Å²) in [6.45, 7) is 12.0. The van der Waals surface area contributed by atoms with Crippen LogP contribution in [-0.4, -0.2) is 37.4 Å². The van der Waals surface area contributed by atoms with Gasteiger partial charge in [-0.2, -0.15) is 0 Å². The zero-order valence-corrected chi connectivity index (χ0v) is 14.8. The summed E-state index contributed by atoms with van der Waals surface area (Å²) in [6.07, 6.45) is 0.364. The molecule has 1 aromatic rings. The highest BCUT2D eigenvalue weighted by molar-refractivity contribution is 5.93. The molecule has 1 aromatic carbocycles. The predicted octanol–water partition coefficient (Wildman–Crippen LogP) is 3.47. The summed E-state index contributed by atoms with van der Waals surface area (Å²) < 4.78 is 5.80. The second-order valence-electron chi connectivity index (χ2n) is 6.81. The molecule has 0 aliphatic carbocycles. The largest absolute Gasteiger partial charge is 0.372 e. The number of amides is 2. The molecule has 5 nitrogen and oxygen atoms in total. The van der Waals surface area contributed by atoms with Gasteiger partial charge in [-0.3, -0.25) is 0 Å². The van der Waals surface area contributed by atoms with Crippen molar-refractivity contribution >= 4 is 17.4 Å². The van der Waals surface area contributed by atoms with Crippen molar-refractivity contribution in [1.29, 1.82) is 0 Å². The van der Waals surface area contributed by atoms with Gasteiger partial charge in [-0.05, 0) is 38.8 Å². The third-order valence-corrected chi connectivity index (χ3v) is 4.27. The number of rotatable bonds is 4. The molecule has 0 spiro atoms. The molecule has 0 saturated carbocycles. The summed E-state index contributed by atoms with van der Waals surface area (Å²) in [5.41, 5.74) is 1.88. The summed E-state index contributed by atoms with van der Waals surface area (Å²) in [7, 11) is 0. The second-order valence-corrected chi connectivity index (χ2v) is 6.81. The van der Waals surface area contributed by atoms with Gasteiger partial charge in [0.2, 0.25) is 0 Å². The van der Waals surface area contributed by atoms with Crippen LogP contribution >= 0.6 is 0 Å². The van der Waals surface area contributed by atoms with Crippen molar-refractivity contribution in [2.45, 2.75) is 52.9 Å². The van der Waals surface area contributed by atoms with Gasteiger partial charge in [0, 0.05) is 19.1 Å². The molecule has 2 amide bonds. The summed E-state index contributed by atoms with van der Waals surface area (Å²) in [6, 6.07) is 7.91. The van der Waals surface area contributed by atoms with Crippen LogP contribution in [-0.2, 0) is 4.74 Å². The minimum atomic E-state index is -0.159. The number of morpholine rings is 1. The maximum atomic E-state index is 12.2. The molecular formula is C18H29N3O2. The molecule has 5 heteroatoms. The lowest BCUT2D eigenvalue weighted by molar-refractivity contribution is -0.00517. The number of benzene rings is 1. The van der Waals surface area contributed by atoms with Gasteiger partial charge >= 0.3 is 6.03 Å². The van der Waals surface area contributed by atoms with Gasteiger partial charge in [-0.15, -0.1) is 0 Å². The lowest BCUT2D eigenvalue weighted by Gasteiger charge is -2.37. The van der Waals surface area contributed by atoms with Crippen LogP contribution in [0.4, 0.5) is 16.2 Å². The van der Waals surface area contributed by atoms with Gasteiger partial charge in [0.1, 0.15) is 0 Å². The molecule has 1 aliphatic rings. The number of para-hydroxylation sites is 2. The normalized spacial score (nSPS) is 22.8. The van der Waals surface area contributed by atoms with Crippen molar-refractivity contribution in [2.75, 3.05) is 23.3 Å². The Morgan fingerprint density at radius 1 is 1.17 bits per heavy atom. The van der Waals surface area contributed by atoms with Crippen molar-refractivity contribution in [3.63, 3.8) is 0 Å². The summed E-state index contributed by atoms with van der Waals surface area (Å²) >= 11 is 0. The Morgan fingerprint density at radius 3 is 2.39 bits per heavy atom. The van der Waals surface area contributed by atoms with E-state index in [0.717, 1.165) is 24.5 Å². The molecule has 0 radical (unpaired) electrons. The first-order valence-electron chi connectivity index (χ1n) is 8.43. The van der Waals surface area contributed by atoms with Gasteiger partial charge in [0.05, 0.1) is 23.6 Å². The Bertz CT molecular complexity index is 523. The van der Waals surface area contributed by atoms with Crippen molar-refractivity contribution in [3.05, 3.63) is 24.3 Å². The van der Waals surface area contributed by atoms with E-state index in [2.05, 4.69) is 43.2 Å². The first-order chi connectivity index (χ1) is 10.9. The van der Waals surface area contributed by atoms with Gasteiger partial charge in [0.15, 0.2) is 0 Å². The van der Waals surface area contributed by atoms with Gasteiger partial charge in [-0.1, -0.05) is 26.0 Å². The zero-order valence-electron chi connectivity index (χ0n) is 14.8. The predicted molar refractivity (Wildman–Crippen MR) is 95.1 cm³/mol. The monoisotopic (exact) mass is 319 g/mol. The molecule has 0 aromatic heterocycles. The summed E-state index contributed by atoms with van der Waals surface area (Å²) in [5.74, 6) is 0.400. The standard InChI is InChI=1S/C18H29N3O2/c1-12(2)15(5)19-18(22)20-16-8-6-7-9-17(16)21-10-13(3)23-14(4)11-21/h6-9,12-15H,10-11H2,1-5H3,(H2,19,20,22). The third kappa shape index (κ3) is 4.86. The summed E-state index contributed by atoms with van der Waals surface area (Å²) in [4.78, 5) is 14.5. The molecule has 1 aliphatic heterocycles. The highest BCUT2D eigenvalue weighted by Crippen LogP contribution is 2.28. The molecule has 1 saturated heterocycles. The number of urea groups is 1. The van der Waals surface area contributed by atoms with Crippen molar-refractivity contribution in [3.8, 4) is 0 Å². The van der Waals surface area contributed by atoms with Crippen LogP contribution in [0.2, 0.25) is 0 Å². The number of carbonyl (C=O) groups excluding carboxylic acids is 1. The SMILES string of the molecule is CC1CN(c2ccccc2NC(=O)NC(C)C(C)C)CC(C)O1. The highest BCUT2D eigenvalue weighted by Gasteiger charge is 2.24. The van der Waals surface area contributed by atoms with Crippen LogP contribution in [0.3, 0.4) is 0 Å². The zero-order chi connectivity index (χ0) is 17.0. The van der Waals surface area contributed by atoms with E-state index in [0.29, 0.717) is 5.92 Å². The fourth-order valence-corrected chi connectivity index (χ4v) is 2.76. The number of nitrogens with one attached hydrogen (secondary N) is 2. The van der Waals surface area contributed by atoms with Gasteiger partial charge < -0.3 is 20.3 Å². The van der Waals surface area contributed by atoms with Crippen LogP contribution in [0.5, 0.6) is 0 Å². The van der Waals surface area contributed by atoms with Crippen LogP contribution in [0, 0.1) is 5.92 Å². The van der Waals surface area contributed by atoms with E-state index in [9.17, 15) is 4.79 Å². The molecule has 2 N–H and O–H groups in total. The second kappa shape index (κ2) is 7.68. The van der Waals surface area contributed by atoms with Crippen LogP contribution in [0.15, 0.2) is 24.3 Å². The van der Waals surface area contributed by atoms with E-state index in [-0.39, 0.29) is 24.3 Å². The number of nitrogens with zero attached hydrogens (tertiary/aromatic N) is 1. The fraction of sp³-hybridized carbons (Fsp3) is 0.611. The quantitative estimate of drug-likeness (QED) is 0.893. The third-order valence-electron chi connectivity index (χ3n) is 4.27. The van der Waals surface area contributed by atoms with Crippen LogP contribution < -0.4 is 15.5 Å². The first-order valence-corrected chi connectivity index (χ1v) is 8.43. The number of carbonyl (C=O) groups is 1. The first kappa shape index (κ1) is 17.6. The minimum Gasteiger partial charge on any atom is -0.372 e. The lowest BCUT2D eigenvalue weighted by Crippen LogP contribution is -2.46. The Labute approximate surface area is 139 Å². The fourth-order valence-electron chi connectivity index (χ4n) is 2.76. The average Bonchev–Trinajstić information content (AvgIpc) is 2.46. The molecule has 2 rings (SSSR count). The maximum Gasteiger partial charge on any atom is 0.319 e. The molecule has 0 bridgehead atoms. The van der Waals surface area contributed by atoms with E-state index >= 15 is 0 Å². The maximum absolute atomic E-state index is 12.2. The van der Waals surface area contributed by atoms with E-state index in [4.69, 9.17) is 4.74 Å². The molecular weight excluding hydrogens is 290 g/mol. The van der Waals surface area contributed by atoms with E-state index in [1.165, 1.54) is 0 Å². The molecule has 3 unspecified atom stereocenters. The van der Waals surface area contributed by atoms with Crippen LogP contribution in [0.1, 0.15) is 34.6 Å². The molecule has 1 heterocycles. The van der Waals surface area contributed by atoms with E-state index < -0.39 is 0 Å². The average molecular weight is 319 g/mol. The van der Waals surface area contributed by atoms with Crippen LogP contribution in [0.25, 0.3) is 0 Å². The number of hydrogen-bond donors (Lipinski definition) is 2. The molecule has 23 heavy (non-hydrogen) atoms.